The van der Waals surface area contributed by atoms with Crippen molar-refractivity contribution in [2.24, 2.45) is 0 Å². The van der Waals surface area contributed by atoms with Crippen LogP contribution in [-0.4, -0.2) is 71.8 Å². The van der Waals surface area contributed by atoms with Gasteiger partial charge in [-0.2, -0.15) is 24.9 Å². The van der Waals surface area contributed by atoms with Gasteiger partial charge in [-0.1, -0.05) is 0 Å². The Kier molecular flexibility index (Phi) is 5.65. The largest absolute Gasteiger partial charge is 0.403 e. The Balaban J connectivity index is 1.76. The molecule has 0 aromatic carbocycles. The first kappa shape index (κ1) is 16.7. The van der Waals surface area contributed by atoms with Crippen LogP contribution in [0.1, 0.15) is 19.8 Å². The van der Waals surface area contributed by atoms with Gasteiger partial charge < -0.3 is 10.2 Å². The van der Waals surface area contributed by atoms with E-state index < -0.39 is 12.2 Å². The summed E-state index contributed by atoms with van der Waals surface area (Å²) in [6.45, 7) is 2.42. The number of carbonyl (C=O) groups is 1. The van der Waals surface area contributed by atoms with E-state index in [0.717, 1.165) is 24.3 Å². The highest BCUT2D eigenvalue weighted by molar-refractivity contribution is 7.99. The highest BCUT2D eigenvalue weighted by atomic mass is 32.2. The van der Waals surface area contributed by atoms with E-state index in [1.807, 2.05) is 11.8 Å². The van der Waals surface area contributed by atoms with Gasteiger partial charge in [-0.3, -0.25) is 4.90 Å². The predicted molar refractivity (Wildman–Crippen MR) is 77.5 cm³/mol. The molecule has 0 spiro atoms. The van der Waals surface area contributed by atoms with Crippen molar-refractivity contribution in [3.63, 3.8) is 0 Å². The van der Waals surface area contributed by atoms with Crippen molar-refractivity contribution >= 4 is 17.8 Å². The van der Waals surface area contributed by atoms with Crippen LogP contribution in [0.2, 0.25) is 0 Å². The lowest BCUT2D eigenvalue weighted by atomic mass is 10.2. The number of hydrogen-bond acceptors (Lipinski definition) is 3. The lowest BCUT2D eigenvalue weighted by molar-refractivity contribution is -0.181. The molecular weight excluding hydrogens is 303 g/mol. The first-order valence-corrected chi connectivity index (χ1v) is 8.47. The quantitative estimate of drug-likeness (QED) is 0.845. The van der Waals surface area contributed by atoms with Crippen LogP contribution in [0.3, 0.4) is 0 Å². The second kappa shape index (κ2) is 7.09. The summed E-state index contributed by atoms with van der Waals surface area (Å²) in [5.74, 6) is 2.07. The minimum absolute atomic E-state index is 0.137. The molecule has 1 N–H and O–H groups in total. The second-order valence-corrected chi connectivity index (χ2v) is 6.75. The molecule has 8 heteroatoms. The van der Waals surface area contributed by atoms with Crippen LogP contribution in [-0.2, 0) is 0 Å². The van der Waals surface area contributed by atoms with Crippen LogP contribution in [0.4, 0.5) is 18.0 Å². The maximum atomic E-state index is 12.7. The van der Waals surface area contributed by atoms with Gasteiger partial charge in [-0.15, -0.1) is 0 Å². The number of thioether (sulfide) groups is 1. The average molecular weight is 325 g/mol. The van der Waals surface area contributed by atoms with Crippen LogP contribution in [0, 0.1) is 0 Å². The third-order valence-corrected chi connectivity index (χ3v) is 5.33. The van der Waals surface area contributed by atoms with E-state index in [9.17, 15) is 18.0 Å². The Labute approximate surface area is 127 Å². The van der Waals surface area contributed by atoms with Gasteiger partial charge >= 0.3 is 12.2 Å². The highest BCUT2D eigenvalue weighted by Gasteiger charge is 2.41. The van der Waals surface area contributed by atoms with Crippen molar-refractivity contribution in [2.75, 3.05) is 37.7 Å². The molecule has 2 rings (SSSR count). The fraction of sp³-hybridized carbons (Fsp3) is 0.923. The van der Waals surface area contributed by atoms with Crippen molar-refractivity contribution in [2.45, 2.75) is 38.0 Å². The van der Waals surface area contributed by atoms with Gasteiger partial charge in [0.15, 0.2) is 0 Å². The molecule has 0 bridgehead atoms. The molecule has 0 unspecified atom stereocenters. The Hall–Kier alpha value is -0.630. The standard InChI is InChI=1S/C13H22F3N3OS/c1-10(13(14,15)16)18-4-6-19(7-5-18)12(20)17-11-3-2-8-21-9-11/h10-11H,2-9H2,1H3,(H,17,20)/t10-,11+/m1/s1. The summed E-state index contributed by atoms with van der Waals surface area (Å²) in [4.78, 5) is 15.1. The number of urea groups is 1. The molecular formula is C13H22F3N3OS. The summed E-state index contributed by atoms with van der Waals surface area (Å²) in [7, 11) is 0. The van der Waals surface area contributed by atoms with Crippen LogP contribution < -0.4 is 5.32 Å². The molecule has 122 valence electrons. The Morgan fingerprint density at radius 2 is 1.95 bits per heavy atom. The number of rotatable bonds is 2. The number of amides is 2. The summed E-state index contributed by atoms with van der Waals surface area (Å²) in [5, 5.41) is 2.99. The third-order valence-electron chi connectivity index (χ3n) is 4.11. The van der Waals surface area contributed by atoms with Crippen LogP contribution in [0.25, 0.3) is 0 Å². The van der Waals surface area contributed by atoms with Crippen molar-refractivity contribution in [1.82, 2.24) is 15.1 Å². The maximum Gasteiger partial charge on any atom is 0.403 e. The maximum absolute atomic E-state index is 12.7. The molecule has 2 aliphatic rings. The third kappa shape index (κ3) is 4.67. The van der Waals surface area contributed by atoms with Gasteiger partial charge in [0.2, 0.25) is 0 Å². The normalized spacial score (nSPS) is 26.5. The van der Waals surface area contributed by atoms with Gasteiger partial charge in [-0.25, -0.2) is 4.79 Å². The van der Waals surface area contributed by atoms with Crippen molar-refractivity contribution in [1.29, 1.82) is 0 Å². The Bertz CT molecular complexity index is 353. The van der Waals surface area contributed by atoms with E-state index in [4.69, 9.17) is 0 Å². The lowest BCUT2D eigenvalue weighted by Crippen LogP contribution is -2.57. The van der Waals surface area contributed by atoms with Gasteiger partial charge in [0.1, 0.15) is 6.04 Å². The summed E-state index contributed by atoms with van der Waals surface area (Å²) in [6, 6.07) is -1.39. The molecule has 4 nitrogen and oxygen atoms in total. The van der Waals surface area contributed by atoms with Gasteiger partial charge in [0.25, 0.3) is 0 Å². The topological polar surface area (TPSA) is 35.6 Å². The highest BCUT2D eigenvalue weighted by Crippen LogP contribution is 2.25. The first-order valence-electron chi connectivity index (χ1n) is 7.32. The number of hydrogen-bond donors (Lipinski definition) is 1. The lowest BCUT2D eigenvalue weighted by Gasteiger charge is -2.39. The van der Waals surface area contributed by atoms with E-state index >= 15 is 0 Å². The van der Waals surface area contributed by atoms with E-state index in [1.54, 1.807) is 4.90 Å². The van der Waals surface area contributed by atoms with Crippen LogP contribution in [0.5, 0.6) is 0 Å². The first-order chi connectivity index (χ1) is 9.88. The minimum Gasteiger partial charge on any atom is -0.334 e. The van der Waals surface area contributed by atoms with Crippen LogP contribution >= 0.6 is 11.8 Å². The van der Waals surface area contributed by atoms with Crippen molar-refractivity contribution < 1.29 is 18.0 Å². The molecule has 2 fully saturated rings. The molecule has 0 aliphatic carbocycles. The molecule has 0 saturated carbocycles. The summed E-state index contributed by atoms with van der Waals surface area (Å²) < 4.78 is 38.0. The Morgan fingerprint density at radius 3 is 2.48 bits per heavy atom. The molecule has 2 heterocycles. The average Bonchev–Trinajstić information content (AvgIpc) is 2.46. The van der Waals surface area contributed by atoms with E-state index in [2.05, 4.69) is 5.32 Å². The van der Waals surface area contributed by atoms with Gasteiger partial charge in [0.05, 0.1) is 0 Å². The zero-order chi connectivity index (χ0) is 15.5. The molecule has 0 aromatic rings. The number of nitrogens with zero attached hydrogens (tertiary/aromatic N) is 2. The zero-order valence-electron chi connectivity index (χ0n) is 12.2. The SMILES string of the molecule is C[C@@H](N1CCN(C(=O)N[C@H]2CCCSC2)CC1)C(F)(F)F. The molecule has 2 saturated heterocycles. The molecule has 21 heavy (non-hydrogen) atoms. The minimum atomic E-state index is -4.20. The summed E-state index contributed by atoms with van der Waals surface area (Å²) in [6.07, 6.45) is -2.11. The van der Waals surface area contributed by atoms with Crippen LogP contribution in [0.15, 0.2) is 0 Å². The van der Waals surface area contributed by atoms with Crippen molar-refractivity contribution in [3.05, 3.63) is 0 Å². The number of nitrogens with one attached hydrogen (secondary N) is 1. The molecule has 2 amide bonds. The van der Waals surface area contributed by atoms with Gasteiger partial charge in [0, 0.05) is 38.0 Å². The monoisotopic (exact) mass is 325 g/mol. The number of piperazine rings is 1. The number of halogens is 3. The van der Waals surface area contributed by atoms with E-state index in [-0.39, 0.29) is 25.2 Å². The number of alkyl halides is 3. The second-order valence-electron chi connectivity index (χ2n) is 5.60. The zero-order valence-corrected chi connectivity index (χ0v) is 13.0. The molecule has 0 aromatic heterocycles. The van der Waals surface area contributed by atoms with E-state index in [1.165, 1.54) is 11.8 Å². The predicted octanol–water partition coefficient (Wildman–Crippen LogP) is 2.16. The smallest absolute Gasteiger partial charge is 0.334 e. The summed E-state index contributed by atoms with van der Waals surface area (Å²) >= 11 is 1.83. The van der Waals surface area contributed by atoms with E-state index in [0.29, 0.717) is 13.1 Å². The number of carbonyl (C=O) groups excluding carboxylic acids is 1. The molecule has 2 aliphatic heterocycles. The fourth-order valence-electron chi connectivity index (χ4n) is 2.64. The summed E-state index contributed by atoms with van der Waals surface area (Å²) in [5.41, 5.74) is 0. The van der Waals surface area contributed by atoms with Gasteiger partial charge in [-0.05, 0) is 25.5 Å². The molecule has 2 atom stereocenters. The Morgan fingerprint density at radius 1 is 1.29 bits per heavy atom. The van der Waals surface area contributed by atoms with Crippen molar-refractivity contribution in [3.8, 4) is 0 Å². The molecule has 0 radical (unpaired) electrons. The fourth-order valence-corrected chi connectivity index (χ4v) is 3.71.